The van der Waals surface area contributed by atoms with Crippen molar-refractivity contribution < 1.29 is 9.59 Å². The van der Waals surface area contributed by atoms with Gasteiger partial charge in [0, 0.05) is 11.9 Å². The molecule has 0 unspecified atom stereocenters. The molecule has 1 aromatic heterocycles. The Balaban J connectivity index is 1.82. The number of thioether (sulfide) groups is 2. The van der Waals surface area contributed by atoms with E-state index in [1.807, 2.05) is 0 Å². The summed E-state index contributed by atoms with van der Waals surface area (Å²) in [5.74, 6) is 0.830. The number of nitrogens with one attached hydrogen (secondary N) is 1. The fourth-order valence-corrected chi connectivity index (χ4v) is 3.38. The van der Waals surface area contributed by atoms with Gasteiger partial charge in [0.05, 0.1) is 16.8 Å². The Kier molecular flexibility index (Phi) is 4.91. The number of aromatic nitrogens is 1. The minimum atomic E-state index is -0.331. The third-order valence-electron chi connectivity index (χ3n) is 2.34. The van der Waals surface area contributed by atoms with Gasteiger partial charge in [0.1, 0.15) is 5.03 Å². The summed E-state index contributed by atoms with van der Waals surface area (Å²) in [4.78, 5) is 27.1. The van der Waals surface area contributed by atoms with E-state index in [0.717, 1.165) is 5.75 Å². The van der Waals surface area contributed by atoms with Crippen LogP contribution in [0.2, 0.25) is 5.02 Å². The average molecular weight is 303 g/mol. The number of hydrogen-bond donors (Lipinski definition) is 1. The van der Waals surface area contributed by atoms with Gasteiger partial charge < -0.3 is 5.32 Å². The van der Waals surface area contributed by atoms with Gasteiger partial charge in [-0.15, -0.1) is 0 Å². The minimum Gasteiger partial charge on any atom is -0.345 e. The van der Waals surface area contributed by atoms with Crippen LogP contribution >= 0.6 is 35.1 Å². The Labute approximate surface area is 118 Å². The van der Waals surface area contributed by atoms with Gasteiger partial charge in [-0.05, 0) is 18.6 Å². The van der Waals surface area contributed by atoms with E-state index in [4.69, 9.17) is 11.6 Å². The lowest BCUT2D eigenvalue weighted by Crippen LogP contribution is -2.38. The van der Waals surface area contributed by atoms with Gasteiger partial charge in [-0.2, -0.15) is 0 Å². The number of nitrogens with zero attached hydrogens (tertiary/aromatic N) is 1. The highest BCUT2D eigenvalue weighted by molar-refractivity contribution is 8.14. The number of hydrogen-bond acceptors (Lipinski definition) is 5. The normalized spacial score (nSPS) is 18.9. The lowest BCUT2D eigenvalue weighted by molar-refractivity contribution is -0.122. The van der Waals surface area contributed by atoms with Crippen LogP contribution in [0.5, 0.6) is 0 Å². The van der Waals surface area contributed by atoms with Crippen LogP contribution in [-0.2, 0) is 9.59 Å². The van der Waals surface area contributed by atoms with Gasteiger partial charge in [0.25, 0.3) is 0 Å². The molecule has 1 amide bonds. The molecule has 2 heterocycles. The average Bonchev–Trinajstić information content (AvgIpc) is 2.74. The summed E-state index contributed by atoms with van der Waals surface area (Å²) in [7, 11) is 0. The molecule has 0 aromatic carbocycles. The smallest absolute Gasteiger partial charge is 0.231 e. The highest BCUT2D eigenvalue weighted by atomic mass is 35.5. The van der Waals surface area contributed by atoms with Gasteiger partial charge in [0.2, 0.25) is 11.0 Å². The maximum absolute atomic E-state index is 11.7. The molecular weight excluding hydrogens is 292 g/mol. The molecule has 7 heteroatoms. The van der Waals surface area contributed by atoms with Crippen LogP contribution in [0.1, 0.15) is 6.42 Å². The van der Waals surface area contributed by atoms with E-state index in [1.54, 1.807) is 18.3 Å². The second-order valence-electron chi connectivity index (χ2n) is 3.66. The third-order valence-corrected chi connectivity index (χ3v) is 4.77. The van der Waals surface area contributed by atoms with Crippen LogP contribution < -0.4 is 5.32 Å². The van der Waals surface area contributed by atoms with E-state index in [0.29, 0.717) is 16.5 Å². The van der Waals surface area contributed by atoms with Gasteiger partial charge in [-0.1, -0.05) is 35.1 Å². The molecule has 1 aliphatic rings. The highest BCUT2D eigenvalue weighted by Crippen LogP contribution is 2.24. The fraction of sp³-hybridized carbons (Fsp3) is 0.364. The van der Waals surface area contributed by atoms with Crippen LogP contribution in [0.3, 0.4) is 0 Å². The SMILES string of the molecule is O=C(CSc1ncccc1Cl)N[C@@H]1CCSC1=O. The molecule has 1 fully saturated rings. The van der Waals surface area contributed by atoms with Crippen LogP contribution in [0, 0.1) is 0 Å². The maximum atomic E-state index is 11.7. The van der Waals surface area contributed by atoms with E-state index >= 15 is 0 Å². The lowest BCUT2D eigenvalue weighted by Gasteiger charge is -2.09. The van der Waals surface area contributed by atoms with Crippen molar-refractivity contribution in [3.05, 3.63) is 23.4 Å². The number of pyridine rings is 1. The Morgan fingerprint density at radius 3 is 3.17 bits per heavy atom. The van der Waals surface area contributed by atoms with E-state index < -0.39 is 0 Å². The van der Waals surface area contributed by atoms with Crippen molar-refractivity contribution in [1.29, 1.82) is 0 Å². The summed E-state index contributed by atoms with van der Waals surface area (Å²) >= 11 is 8.47. The van der Waals surface area contributed by atoms with Gasteiger partial charge in [-0.3, -0.25) is 9.59 Å². The van der Waals surface area contributed by atoms with E-state index in [9.17, 15) is 9.59 Å². The molecule has 0 spiro atoms. The van der Waals surface area contributed by atoms with Crippen LogP contribution in [0.4, 0.5) is 0 Å². The zero-order chi connectivity index (χ0) is 13.0. The monoisotopic (exact) mass is 302 g/mol. The van der Waals surface area contributed by atoms with Gasteiger partial charge >= 0.3 is 0 Å². The first-order valence-electron chi connectivity index (χ1n) is 5.36. The Bertz CT molecular complexity index is 470. The molecule has 0 radical (unpaired) electrons. The van der Waals surface area contributed by atoms with Crippen molar-refractivity contribution >= 4 is 46.1 Å². The first-order valence-corrected chi connectivity index (χ1v) is 7.71. The number of halogens is 1. The largest absolute Gasteiger partial charge is 0.345 e. The highest BCUT2D eigenvalue weighted by Gasteiger charge is 2.26. The van der Waals surface area contributed by atoms with Crippen LogP contribution in [0.25, 0.3) is 0 Å². The molecular formula is C11H11ClN2O2S2. The first-order chi connectivity index (χ1) is 8.66. The maximum Gasteiger partial charge on any atom is 0.231 e. The first kappa shape index (κ1) is 13.7. The molecule has 0 saturated carbocycles. The standard InChI is InChI=1S/C11H11ClN2O2S2/c12-7-2-1-4-13-10(7)18-6-9(15)14-8-3-5-17-11(8)16/h1-2,4,8H,3,5-6H2,(H,14,15)/t8-/m1/s1. The Hall–Kier alpha value is -0.720. The number of carbonyl (C=O) groups is 2. The summed E-state index contributed by atoms with van der Waals surface area (Å²) in [6.45, 7) is 0. The molecule has 1 aromatic rings. The van der Waals surface area contributed by atoms with Crippen molar-refractivity contribution in [2.75, 3.05) is 11.5 Å². The molecule has 18 heavy (non-hydrogen) atoms. The topological polar surface area (TPSA) is 59.1 Å². The van der Waals surface area contributed by atoms with Crippen molar-refractivity contribution in [3.8, 4) is 0 Å². The Morgan fingerprint density at radius 1 is 1.67 bits per heavy atom. The van der Waals surface area contributed by atoms with E-state index in [1.165, 1.54) is 23.5 Å². The number of amides is 1. The number of rotatable bonds is 4. The van der Waals surface area contributed by atoms with Gasteiger partial charge in [-0.25, -0.2) is 4.98 Å². The van der Waals surface area contributed by atoms with Crippen molar-refractivity contribution in [1.82, 2.24) is 10.3 Å². The van der Waals surface area contributed by atoms with E-state index in [-0.39, 0.29) is 22.8 Å². The molecule has 96 valence electrons. The summed E-state index contributed by atoms with van der Waals surface area (Å²) in [6.07, 6.45) is 2.34. The third kappa shape index (κ3) is 3.63. The second kappa shape index (κ2) is 6.45. The molecule has 1 aliphatic heterocycles. The second-order valence-corrected chi connectivity index (χ2v) is 6.13. The van der Waals surface area contributed by atoms with Crippen molar-refractivity contribution in [2.45, 2.75) is 17.5 Å². The zero-order valence-electron chi connectivity index (χ0n) is 9.39. The van der Waals surface area contributed by atoms with Gasteiger partial charge in [0.15, 0.2) is 0 Å². The van der Waals surface area contributed by atoms with Crippen LogP contribution in [0.15, 0.2) is 23.4 Å². The fourth-order valence-electron chi connectivity index (χ4n) is 1.47. The molecule has 0 bridgehead atoms. The quantitative estimate of drug-likeness (QED) is 0.862. The molecule has 1 saturated heterocycles. The van der Waals surface area contributed by atoms with Crippen molar-refractivity contribution in [2.24, 2.45) is 0 Å². The Morgan fingerprint density at radius 2 is 2.50 bits per heavy atom. The van der Waals surface area contributed by atoms with Crippen LogP contribution in [-0.4, -0.2) is 33.6 Å². The predicted molar refractivity (Wildman–Crippen MR) is 74.0 cm³/mol. The summed E-state index contributed by atoms with van der Waals surface area (Å²) in [5, 5.41) is 3.92. The predicted octanol–water partition coefficient (Wildman–Crippen LogP) is 1.98. The summed E-state index contributed by atoms with van der Waals surface area (Å²) in [5.41, 5.74) is 0. The van der Waals surface area contributed by atoms with Crippen molar-refractivity contribution in [3.63, 3.8) is 0 Å². The molecule has 0 aliphatic carbocycles. The lowest BCUT2D eigenvalue weighted by atomic mass is 10.2. The summed E-state index contributed by atoms with van der Waals surface area (Å²) in [6, 6.07) is 3.13. The molecule has 4 nitrogen and oxygen atoms in total. The number of carbonyl (C=O) groups excluding carboxylic acids is 2. The molecule has 2 rings (SSSR count). The zero-order valence-corrected chi connectivity index (χ0v) is 11.8. The molecule has 1 N–H and O–H groups in total. The minimum absolute atomic E-state index is 0.0456. The van der Waals surface area contributed by atoms with E-state index in [2.05, 4.69) is 10.3 Å². The summed E-state index contributed by atoms with van der Waals surface area (Å²) < 4.78 is 0. The molecule has 1 atom stereocenters.